The summed E-state index contributed by atoms with van der Waals surface area (Å²) in [6.45, 7) is 4.49. The summed E-state index contributed by atoms with van der Waals surface area (Å²) in [7, 11) is 0. The molecule has 0 amide bonds. The molecule has 1 aliphatic rings. The first kappa shape index (κ1) is 35.6. The molecule has 0 saturated carbocycles. The van der Waals surface area contributed by atoms with Crippen molar-refractivity contribution < 1.29 is 0 Å². The van der Waals surface area contributed by atoms with Gasteiger partial charge >= 0.3 is 0 Å². The molecule has 0 bridgehead atoms. The van der Waals surface area contributed by atoms with Crippen LogP contribution >= 0.6 is 0 Å². The Morgan fingerprint density at radius 2 is 0.729 bits per heavy atom. The van der Waals surface area contributed by atoms with Crippen LogP contribution in [0.4, 0.5) is 0 Å². The maximum atomic E-state index is 9.75. The normalized spacial score (nSPS) is 12.4. The molecule has 0 fully saturated rings. The maximum absolute atomic E-state index is 9.75. The minimum Gasteiger partial charge on any atom is -0.228 e. The lowest BCUT2D eigenvalue weighted by Gasteiger charge is -2.22. The SMILES string of the molecule is CC1(C)c2cc(C#N)ccc2-c2ccc(-c3cc(-c4nc(-c5ccccc5)cc(-c5ccccc5)n4)cc(-c4nc(-c5ccccc5)cc(-c5ccccc5)n4)c3)cc21. The highest BCUT2D eigenvalue weighted by Crippen LogP contribution is 2.50. The standard InChI is InChI=1S/C54H37N5/c1-54(2)46-27-35(34-55)23-25-44(46)45-26-24-40(31-47(45)54)41-28-42(52-56-48(36-15-7-3-8-16-36)32-49(57-52)37-17-9-4-10-18-37)30-43(29-41)53-58-50(38-19-11-5-12-20-38)33-51(59-53)39-21-13-6-14-22-39/h3-33H,1-2H3. The van der Waals surface area contributed by atoms with E-state index in [9.17, 15) is 5.26 Å². The zero-order valence-corrected chi connectivity index (χ0v) is 32.6. The summed E-state index contributed by atoms with van der Waals surface area (Å²) < 4.78 is 0. The van der Waals surface area contributed by atoms with Gasteiger partial charge in [-0.2, -0.15) is 5.26 Å². The van der Waals surface area contributed by atoms with E-state index in [1.807, 2.05) is 84.9 Å². The Balaban J connectivity index is 1.21. The number of nitrogens with zero attached hydrogens (tertiary/aromatic N) is 5. The summed E-state index contributed by atoms with van der Waals surface area (Å²) in [5, 5.41) is 9.75. The molecule has 0 N–H and O–H groups in total. The average Bonchev–Trinajstić information content (AvgIpc) is 3.54. The molecule has 0 spiro atoms. The van der Waals surface area contributed by atoms with Crippen LogP contribution < -0.4 is 0 Å². The van der Waals surface area contributed by atoms with Crippen LogP contribution in [0.3, 0.4) is 0 Å². The minimum atomic E-state index is -0.302. The summed E-state index contributed by atoms with van der Waals surface area (Å²) in [6, 6.07) is 66.7. The van der Waals surface area contributed by atoms with Gasteiger partial charge in [0.25, 0.3) is 0 Å². The van der Waals surface area contributed by atoms with Gasteiger partial charge in [-0.05, 0) is 81.9 Å². The van der Waals surface area contributed by atoms with Crippen LogP contribution in [0, 0.1) is 11.3 Å². The van der Waals surface area contributed by atoms with Crippen molar-refractivity contribution >= 4 is 0 Å². The Kier molecular flexibility index (Phi) is 8.81. The molecular formula is C54H37N5. The Bertz CT molecular complexity index is 2800. The first-order chi connectivity index (χ1) is 28.9. The molecule has 59 heavy (non-hydrogen) atoms. The number of fused-ring (bicyclic) bond motifs is 3. The maximum Gasteiger partial charge on any atom is 0.160 e. The van der Waals surface area contributed by atoms with E-state index >= 15 is 0 Å². The van der Waals surface area contributed by atoms with Crippen molar-refractivity contribution in [2.75, 3.05) is 0 Å². The molecule has 0 aliphatic heterocycles. The van der Waals surface area contributed by atoms with Gasteiger partial charge in [0.1, 0.15) is 0 Å². The number of rotatable bonds is 7. The first-order valence-corrected chi connectivity index (χ1v) is 19.8. The van der Waals surface area contributed by atoms with E-state index < -0.39 is 0 Å². The Hall–Kier alpha value is -7.81. The monoisotopic (exact) mass is 755 g/mol. The second-order valence-corrected chi connectivity index (χ2v) is 15.4. The van der Waals surface area contributed by atoms with Gasteiger partial charge in [-0.15, -0.1) is 0 Å². The average molecular weight is 756 g/mol. The Morgan fingerprint density at radius 3 is 1.14 bits per heavy atom. The summed E-state index contributed by atoms with van der Waals surface area (Å²) in [5.74, 6) is 1.21. The number of nitriles is 1. The molecule has 2 heterocycles. The van der Waals surface area contributed by atoms with Gasteiger partial charge in [0.2, 0.25) is 0 Å². The summed E-state index contributed by atoms with van der Waals surface area (Å²) in [5.41, 5.74) is 16.2. The quantitative estimate of drug-likeness (QED) is 0.162. The fourth-order valence-electron chi connectivity index (χ4n) is 8.22. The van der Waals surface area contributed by atoms with Gasteiger partial charge in [0, 0.05) is 38.8 Å². The summed E-state index contributed by atoms with van der Waals surface area (Å²) in [4.78, 5) is 21.0. The summed E-state index contributed by atoms with van der Waals surface area (Å²) in [6.07, 6.45) is 0. The molecule has 0 atom stereocenters. The fraction of sp³-hybridized carbons (Fsp3) is 0.0556. The first-order valence-electron chi connectivity index (χ1n) is 19.8. The third kappa shape index (κ3) is 6.67. The third-order valence-electron chi connectivity index (χ3n) is 11.3. The molecule has 5 heteroatoms. The summed E-state index contributed by atoms with van der Waals surface area (Å²) >= 11 is 0. The van der Waals surface area contributed by atoms with Crippen molar-refractivity contribution in [3.63, 3.8) is 0 Å². The van der Waals surface area contributed by atoms with Gasteiger partial charge in [0.05, 0.1) is 34.4 Å². The van der Waals surface area contributed by atoms with Crippen LogP contribution in [0.15, 0.2) is 188 Å². The van der Waals surface area contributed by atoms with Gasteiger partial charge in [-0.3, -0.25) is 0 Å². The molecule has 2 aromatic heterocycles. The number of benzene rings is 7. The lowest BCUT2D eigenvalue weighted by Crippen LogP contribution is -2.15. The van der Waals surface area contributed by atoms with Crippen molar-refractivity contribution in [3.05, 3.63) is 205 Å². The molecule has 278 valence electrons. The predicted octanol–water partition coefficient (Wildman–Crippen LogP) is 13.1. The molecule has 7 aromatic carbocycles. The van der Waals surface area contributed by atoms with Crippen molar-refractivity contribution in [2.45, 2.75) is 19.3 Å². The van der Waals surface area contributed by atoms with Crippen molar-refractivity contribution in [1.82, 2.24) is 19.9 Å². The van der Waals surface area contributed by atoms with Crippen LogP contribution in [0.5, 0.6) is 0 Å². The minimum absolute atomic E-state index is 0.302. The van der Waals surface area contributed by atoms with E-state index in [4.69, 9.17) is 19.9 Å². The van der Waals surface area contributed by atoms with E-state index in [0.717, 1.165) is 72.8 Å². The smallest absolute Gasteiger partial charge is 0.160 e. The number of aromatic nitrogens is 4. The van der Waals surface area contributed by atoms with Crippen LogP contribution in [0.2, 0.25) is 0 Å². The van der Waals surface area contributed by atoms with E-state index in [-0.39, 0.29) is 5.41 Å². The zero-order valence-electron chi connectivity index (χ0n) is 32.6. The highest BCUT2D eigenvalue weighted by atomic mass is 14.9. The van der Waals surface area contributed by atoms with Gasteiger partial charge < -0.3 is 0 Å². The van der Waals surface area contributed by atoms with Crippen molar-refractivity contribution in [2.24, 2.45) is 0 Å². The third-order valence-corrected chi connectivity index (χ3v) is 11.3. The van der Waals surface area contributed by atoms with E-state index in [1.54, 1.807) is 0 Å². The lowest BCUT2D eigenvalue weighted by atomic mass is 9.81. The molecule has 0 unspecified atom stereocenters. The lowest BCUT2D eigenvalue weighted by molar-refractivity contribution is 0.660. The van der Waals surface area contributed by atoms with Crippen molar-refractivity contribution in [1.29, 1.82) is 5.26 Å². The van der Waals surface area contributed by atoms with Gasteiger partial charge in [-0.1, -0.05) is 153 Å². The highest BCUT2D eigenvalue weighted by molar-refractivity contribution is 5.86. The topological polar surface area (TPSA) is 75.3 Å². The largest absolute Gasteiger partial charge is 0.228 e. The second kappa shape index (κ2) is 14.6. The van der Waals surface area contributed by atoms with E-state index in [2.05, 4.69) is 123 Å². The van der Waals surface area contributed by atoms with Crippen LogP contribution in [0.25, 0.3) is 90.1 Å². The molecule has 9 aromatic rings. The van der Waals surface area contributed by atoms with E-state index in [1.165, 1.54) is 16.7 Å². The number of hydrogen-bond donors (Lipinski definition) is 0. The van der Waals surface area contributed by atoms with Crippen LogP contribution in [-0.2, 0) is 5.41 Å². The molecule has 1 aliphatic carbocycles. The molecule has 0 radical (unpaired) electrons. The molecule has 0 saturated heterocycles. The number of hydrogen-bond acceptors (Lipinski definition) is 5. The van der Waals surface area contributed by atoms with Gasteiger partial charge in [0.15, 0.2) is 11.6 Å². The molecular weight excluding hydrogens is 719 g/mol. The Morgan fingerprint density at radius 1 is 0.356 bits per heavy atom. The molecule has 5 nitrogen and oxygen atoms in total. The van der Waals surface area contributed by atoms with E-state index in [0.29, 0.717) is 17.2 Å². The van der Waals surface area contributed by atoms with Crippen LogP contribution in [-0.4, -0.2) is 19.9 Å². The predicted molar refractivity (Wildman–Crippen MR) is 238 cm³/mol. The molecule has 10 rings (SSSR count). The van der Waals surface area contributed by atoms with Crippen molar-refractivity contribution in [3.8, 4) is 96.1 Å². The fourth-order valence-corrected chi connectivity index (χ4v) is 8.22. The zero-order chi connectivity index (χ0) is 39.9. The Labute approximate surface area is 344 Å². The second-order valence-electron chi connectivity index (χ2n) is 15.4. The van der Waals surface area contributed by atoms with Crippen LogP contribution in [0.1, 0.15) is 30.5 Å². The van der Waals surface area contributed by atoms with Gasteiger partial charge in [-0.25, -0.2) is 19.9 Å². The highest BCUT2D eigenvalue weighted by Gasteiger charge is 2.36.